The number of aromatic hydroxyl groups is 1. The highest BCUT2D eigenvalue weighted by Gasteiger charge is 2.17. The van der Waals surface area contributed by atoms with Crippen LogP contribution in [0.25, 0.3) is 10.9 Å². The number of nitrogens with one attached hydrogen (secondary N) is 1. The van der Waals surface area contributed by atoms with E-state index >= 15 is 0 Å². The fourth-order valence-electron chi connectivity index (χ4n) is 2.75. The third-order valence-electron chi connectivity index (χ3n) is 3.84. The number of aromatic nitrogens is 1. The molecule has 2 heteroatoms. The number of phenolic OH excluding ortho intramolecular Hbond substituents is 1. The van der Waals surface area contributed by atoms with Crippen molar-refractivity contribution in [2.24, 2.45) is 0 Å². The monoisotopic (exact) mass is 251 g/mol. The first-order valence-electron chi connectivity index (χ1n) is 6.53. The van der Waals surface area contributed by atoms with Gasteiger partial charge in [0.2, 0.25) is 0 Å². The predicted octanol–water partition coefficient (Wildman–Crippen LogP) is 4.33. The molecule has 19 heavy (non-hydrogen) atoms. The van der Waals surface area contributed by atoms with Gasteiger partial charge in [-0.3, -0.25) is 0 Å². The second-order valence-electron chi connectivity index (χ2n) is 4.99. The standard InChI is InChI=1S/C17H17NO/c1-11-13-7-3-5-9-15(13)18-17(11)12(2)14-8-4-6-10-16(14)19/h3-10,12,18-19H,1-2H3. The topological polar surface area (TPSA) is 36.0 Å². The van der Waals surface area contributed by atoms with Gasteiger partial charge in [-0.05, 0) is 24.6 Å². The highest BCUT2D eigenvalue weighted by atomic mass is 16.3. The van der Waals surface area contributed by atoms with Gasteiger partial charge in [-0.2, -0.15) is 0 Å². The summed E-state index contributed by atoms with van der Waals surface area (Å²) in [5, 5.41) is 11.2. The number of hydrogen-bond donors (Lipinski definition) is 2. The van der Waals surface area contributed by atoms with E-state index in [0.717, 1.165) is 11.1 Å². The molecule has 2 aromatic carbocycles. The molecule has 0 aliphatic heterocycles. The number of aryl methyl sites for hydroxylation is 1. The molecule has 0 fully saturated rings. The van der Waals surface area contributed by atoms with E-state index in [9.17, 15) is 5.11 Å². The number of benzene rings is 2. The number of H-pyrrole nitrogens is 1. The number of phenols is 1. The Morgan fingerprint density at radius 1 is 1.00 bits per heavy atom. The van der Waals surface area contributed by atoms with Crippen molar-refractivity contribution in [1.82, 2.24) is 4.98 Å². The lowest BCUT2D eigenvalue weighted by atomic mass is 9.94. The summed E-state index contributed by atoms with van der Waals surface area (Å²) in [7, 11) is 0. The first-order valence-corrected chi connectivity index (χ1v) is 6.53. The van der Waals surface area contributed by atoms with Crippen LogP contribution >= 0.6 is 0 Å². The lowest BCUT2D eigenvalue weighted by Crippen LogP contribution is -1.98. The Morgan fingerprint density at radius 2 is 1.68 bits per heavy atom. The predicted molar refractivity (Wildman–Crippen MR) is 78.7 cm³/mol. The molecule has 0 saturated heterocycles. The van der Waals surface area contributed by atoms with Crippen LogP contribution in [0.4, 0.5) is 0 Å². The molecule has 0 aliphatic carbocycles. The van der Waals surface area contributed by atoms with Crippen LogP contribution in [0.15, 0.2) is 48.5 Å². The summed E-state index contributed by atoms with van der Waals surface area (Å²) >= 11 is 0. The molecular formula is C17H17NO. The van der Waals surface area contributed by atoms with Crippen LogP contribution in [-0.4, -0.2) is 10.1 Å². The number of fused-ring (bicyclic) bond motifs is 1. The molecule has 3 aromatic rings. The van der Waals surface area contributed by atoms with Crippen LogP contribution in [0.2, 0.25) is 0 Å². The van der Waals surface area contributed by atoms with E-state index in [-0.39, 0.29) is 5.92 Å². The van der Waals surface area contributed by atoms with Crippen LogP contribution in [0.1, 0.15) is 29.7 Å². The van der Waals surface area contributed by atoms with Crippen LogP contribution in [0, 0.1) is 6.92 Å². The molecule has 0 bridgehead atoms. The molecule has 1 atom stereocenters. The van der Waals surface area contributed by atoms with Crippen LogP contribution in [0.5, 0.6) is 5.75 Å². The minimum atomic E-state index is 0.147. The Labute approximate surface area is 112 Å². The van der Waals surface area contributed by atoms with Crippen molar-refractivity contribution in [3.05, 3.63) is 65.4 Å². The fourth-order valence-corrected chi connectivity index (χ4v) is 2.75. The molecule has 1 unspecified atom stereocenters. The van der Waals surface area contributed by atoms with E-state index in [1.165, 1.54) is 16.6 Å². The Hall–Kier alpha value is -2.22. The zero-order chi connectivity index (χ0) is 13.4. The minimum absolute atomic E-state index is 0.147. The van der Waals surface area contributed by atoms with E-state index in [1.54, 1.807) is 6.07 Å². The first kappa shape index (κ1) is 11.8. The lowest BCUT2D eigenvalue weighted by Gasteiger charge is -2.13. The number of rotatable bonds is 2. The molecular weight excluding hydrogens is 234 g/mol. The Kier molecular flexibility index (Phi) is 2.79. The van der Waals surface area contributed by atoms with Crippen molar-refractivity contribution in [3.63, 3.8) is 0 Å². The number of aromatic amines is 1. The van der Waals surface area contributed by atoms with Gasteiger partial charge in [0.25, 0.3) is 0 Å². The summed E-state index contributed by atoms with van der Waals surface area (Å²) < 4.78 is 0. The van der Waals surface area contributed by atoms with Crippen molar-refractivity contribution in [2.75, 3.05) is 0 Å². The van der Waals surface area contributed by atoms with Gasteiger partial charge in [0.1, 0.15) is 5.75 Å². The second-order valence-corrected chi connectivity index (χ2v) is 4.99. The van der Waals surface area contributed by atoms with Gasteiger partial charge in [-0.25, -0.2) is 0 Å². The first-order chi connectivity index (χ1) is 9.18. The van der Waals surface area contributed by atoms with Gasteiger partial charge in [-0.15, -0.1) is 0 Å². The normalized spacial score (nSPS) is 12.7. The fraction of sp³-hybridized carbons (Fsp3) is 0.176. The summed E-state index contributed by atoms with van der Waals surface area (Å²) in [6, 6.07) is 15.8. The molecule has 0 spiro atoms. The molecule has 0 radical (unpaired) electrons. The second kappa shape index (κ2) is 4.47. The van der Waals surface area contributed by atoms with Crippen molar-refractivity contribution < 1.29 is 5.11 Å². The third kappa shape index (κ3) is 1.89. The molecule has 0 amide bonds. The zero-order valence-electron chi connectivity index (χ0n) is 11.1. The Bertz CT molecular complexity index is 727. The SMILES string of the molecule is Cc1c(C(C)c2ccccc2O)[nH]c2ccccc12. The molecule has 1 heterocycles. The number of hydrogen-bond acceptors (Lipinski definition) is 1. The Balaban J connectivity index is 2.14. The maximum absolute atomic E-state index is 9.99. The molecule has 2 N–H and O–H groups in total. The summed E-state index contributed by atoms with van der Waals surface area (Å²) in [4.78, 5) is 3.48. The largest absolute Gasteiger partial charge is 0.508 e. The zero-order valence-corrected chi connectivity index (χ0v) is 11.1. The highest BCUT2D eigenvalue weighted by Crippen LogP contribution is 2.34. The van der Waals surface area contributed by atoms with Crippen molar-refractivity contribution in [2.45, 2.75) is 19.8 Å². The molecule has 0 aliphatic rings. The number of para-hydroxylation sites is 2. The lowest BCUT2D eigenvalue weighted by molar-refractivity contribution is 0.466. The van der Waals surface area contributed by atoms with E-state index < -0.39 is 0 Å². The van der Waals surface area contributed by atoms with Crippen molar-refractivity contribution >= 4 is 10.9 Å². The van der Waals surface area contributed by atoms with Gasteiger partial charge >= 0.3 is 0 Å². The molecule has 0 saturated carbocycles. The van der Waals surface area contributed by atoms with Gasteiger partial charge in [0.15, 0.2) is 0 Å². The van der Waals surface area contributed by atoms with Gasteiger partial charge in [0, 0.05) is 28.1 Å². The van der Waals surface area contributed by atoms with E-state index in [0.29, 0.717) is 5.75 Å². The molecule has 96 valence electrons. The van der Waals surface area contributed by atoms with Crippen molar-refractivity contribution in [1.29, 1.82) is 0 Å². The van der Waals surface area contributed by atoms with Crippen LogP contribution in [0.3, 0.4) is 0 Å². The average Bonchev–Trinajstić information content (AvgIpc) is 2.77. The summed E-state index contributed by atoms with van der Waals surface area (Å²) in [5.41, 5.74) is 4.53. The Morgan fingerprint density at radius 3 is 2.42 bits per heavy atom. The summed E-state index contributed by atoms with van der Waals surface area (Å²) in [6.07, 6.45) is 0. The molecule has 3 rings (SSSR count). The highest BCUT2D eigenvalue weighted by molar-refractivity contribution is 5.84. The van der Waals surface area contributed by atoms with Crippen LogP contribution in [-0.2, 0) is 0 Å². The molecule has 1 aromatic heterocycles. The van der Waals surface area contributed by atoms with E-state index in [1.807, 2.05) is 24.3 Å². The minimum Gasteiger partial charge on any atom is -0.508 e. The van der Waals surface area contributed by atoms with Crippen LogP contribution < -0.4 is 0 Å². The maximum atomic E-state index is 9.99. The van der Waals surface area contributed by atoms with Gasteiger partial charge in [0.05, 0.1) is 0 Å². The maximum Gasteiger partial charge on any atom is 0.119 e. The molecule has 2 nitrogen and oxygen atoms in total. The van der Waals surface area contributed by atoms with Gasteiger partial charge in [-0.1, -0.05) is 43.3 Å². The average molecular weight is 251 g/mol. The van der Waals surface area contributed by atoms with E-state index in [2.05, 4.69) is 37.0 Å². The van der Waals surface area contributed by atoms with E-state index in [4.69, 9.17) is 0 Å². The quantitative estimate of drug-likeness (QED) is 0.698. The van der Waals surface area contributed by atoms with Gasteiger partial charge < -0.3 is 10.1 Å². The summed E-state index contributed by atoms with van der Waals surface area (Å²) in [5.74, 6) is 0.502. The summed E-state index contributed by atoms with van der Waals surface area (Å²) in [6.45, 7) is 4.25. The smallest absolute Gasteiger partial charge is 0.119 e. The third-order valence-corrected chi connectivity index (χ3v) is 3.84. The van der Waals surface area contributed by atoms with Crippen molar-refractivity contribution in [3.8, 4) is 5.75 Å².